The van der Waals surface area contributed by atoms with Gasteiger partial charge in [-0.15, -0.1) is 0 Å². The summed E-state index contributed by atoms with van der Waals surface area (Å²) in [5.41, 5.74) is 0.569. The lowest BCUT2D eigenvalue weighted by atomic mass is 9.69. The van der Waals surface area contributed by atoms with Gasteiger partial charge < -0.3 is 9.73 Å². The predicted octanol–water partition coefficient (Wildman–Crippen LogP) is 5.14. The molecule has 1 amide bonds. The Labute approximate surface area is 196 Å². The summed E-state index contributed by atoms with van der Waals surface area (Å²) >= 11 is 7.22. The zero-order valence-electron chi connectivity index (χ0n) is 16.6. The van der Waals surface area contributed by atoms with E-state index in [4.69, 9.17) is 4.42 Å². The van der Waals surface area contributed by atoms with Crippen molar-refractivity contribution in [3.8, 4) is 0 Å². The number of carbonyl (C=O) groups excluding carboxylic acids is 2. The van der Waals surface area contributed by atoms with E-state index >= 15 is 0 Å². The summed E-state index contributed by atoms with van der Waals surface area (Å²) in [7, 11) is 0. The third kappa shape index (κ3) is 2.57. The van der Waals surface area contributed by atoms with Gasteiger partial charge in [-0.05, 0) is 59.6 Å². The molecule has 4 aliphatic rings. The van der Waals surface area contributed by atoms with Crippen LogP contribution in [0, 0.1) is 11.8 Å². The molecule has 7 heteroatoms. The quantitative estimate of drug-likeness (QED) is 0.582. The second-order valence-corrected chi connectivity index (χ2v) is 10.4. The molecule has 2 aromatic rings. The van der Waals surface area contributed by atoms with E-state index in [1.54, 1.807) is 6.26 Å². The summed E-state index contributed by atoms with van der Waals surface area (Å²) in [6, 6.07) is 7.82. The van der Waals surface area contributed by atoms with Gasteiger partial charge in [-0.1, -0.05) is 40.2 Å². The Hall–Kier alpha value is -1.96. The highest BCUT2D eigenvalue weighted by atomic mass is 79.9. The van der Waals surface area contributed by atoms with Crippen LogP contribution in [0.5, 0.6) is 0 Å². The number of anilines is 1. The van der Waals surface area contributed by atoms with Gasteiger partial charge in [0, 0.05) is 26.5 Å². The lowest BCUT2D eigenvalue weighted by molar-refractivity contribution is -0.137. The SMILES string of the molecule is O=C(C1C=CC=C1)[C@H]1[C@H](c2ccco2)C2CCCN2[C@]12C(=O)Nc1c(Br)cc(Br)cc12. The number of amides is 1. The molecule has 2 saturated heterocycles. The molecule has 1 unspecified atom stereocenters. The molecule has 4 atom stereocenters. The third-order valence-electron chi connectivity index (χ3n) is 7.28. The number of nitrogens with zero attached hydrogens (tertiary/aromatic N) is 1. The number of Topliss-reactive ketones (excluding diaryl/α,β-unsaturated/α-hetero) is 1. The average molecular weight is 544 g/mol. The minimum Gasteiger partial charge on any atom is -0.469 e. The van der Waals surface area contributed by atoms with Crippen LogP contribution in [0.3, 0.4) is 0 Å². The summed E-state index contributed by atoms with van der Waals surface area (Å²) < 4.78 is 7.56. The summed E-state index contributed by atoms with van der Waals surface area (Å²) in [6.07, 6.45) is 11.2. The van der Waals surface area contributed by atoms with E-state index in [2.05, 4.69) is 42.1 Å². The monoisotopic (exact) mass is 542 g/mol. The normalized spacial score (nSPS) is 31.5. The topological polar surface area (TPSA) is 62.6 Å². The number of rotatable bonds is 3. The van der Waals surface area contributed by atoms with Crippen LogP contribution < -0.4 is 5.32 Å². The van der Waals surface area contributed by atoms with E-state index in [9.17, 15) is 9.59 Å². The van der Waals surface area contributed by atoms with Gasteiger partial charge >= 0.3 is 0 Å². The molecular weight excluding hydrogens is 524 g/mol. The Morgan fingerprint density at radius 1 is 1.23 bits per heavy atom. The van der Waals surface area contributed by atoms with E-state index in [0.717, 1.165) is 45.3 Å². The number of nitrogens with one attached hydrogen (secondary N) is 1. The van der Waals surface area contributed by atoms with Crippen LogP contribution in [0.25, 0.3) is 0 Å². The third-order valence-corrected chi connectivity index (χ3v) is 8.36. The van der Waals surface area contributed by atoms with Gasteiger partial charge in [-0.25, -0.2) is 0 Å². The van der Waals surface area contributed by atoms with Crippen LogP contribution in [-0.2, 0) is 15.1 Å². The molecule has 5 nitrogen and oxygen atoms in total. The summed E-state index contributed by atoms with van der Waals surface area (Å²) in [5.74, 6) is -0.322. The lowest BCUT2D eigenvalue weighted by Gasteiger charge is -2.37. The molecular formula is C24H20Br2N2O3. The van der Waals surface area contributed by atoms with Gasteiger partial charge in [0.15, 0.2) is 0 Å². The molecule has 0 saturated carbocycles. The highest BCUT2D eigenvalue weighted by molar-refractivity contribution is 9.11. The summed E-state index contributed by atoms with van der Waals surface area (Å²) in [4.78, 5) is 30.3. The van der Waals surface area contributed by atoms with Crippen molar-refractivity contribution >= 4 is 49.2 Å². The maximum Gasteiger partial charge on any atom is 0.250 e. The first-order valence-corrected chi connectivity index (χ1v) is 12.1. The van der Waals surface area contributed by atoms with Crippen molar-refractivity contribution in [2.24, 2.45) is 11.8 Å². The van der Waals surface area contributed by atoms with Gasteiger partial charge in [0.2, 0.25) is 5.91 Å². The van der Waals surface area contributed by atoms with E-state index in [0.29, 0.717) is 0 Å². The molecule has 31 heavy (non-hydrogen) atoms. The number of benzene rings is 1. The minimum atomic E-state index is -1.05. The summed E-state index contributed by atoms with van der Waals surface area (Å²) in [6.45, 7) is 0.777. The van der Waals surface area contributed by atoms with Crippen molar-refractivity contribution in [2.45, 2.75) is 30.3 Å². The van der Waals surface area contributed by atoms with Gasteiger partial charge in [0.25, 0.3) is 0 Å². The van der Waals surface area contributed by atoms with Gasteiger partial charge in [0.05, 0.1) is 23.8 Å². The van der Waals surface area contributed by atoms with Crippen LogP contribution in [-0.4, -0.2) is 29.2 Å². The van der Waals surface area contributed by atoms with Crippen LogP contribution in [0.4, 0.5) is 5.69 Å². The maximum atomic E-state index is 14.1. The molecule has 158 valence electrons. The molecule has 1 aromatic heterocycles. The fourth-order valence-electron chi connectivity index (χ4n) is 6.24. The Morgan fingerprint density at radius 3 is 2.77 bits per heavy atom. The molecule has 4 heterocycles. The second-order valence-electron chi connectivity index (χ2n) is 8.65. The second kappa shape index (κ2) is 7.02. The van der Waals surface area contributed by atoms with Crippen LogP contribution in [0.15, 0.2) is 68.2 Å². The Kier molecular flexibility index (Phi) is 4.46. The number of ketones is 1. The van der Waals surface area contributed by atoms with E-state index < -0.39 is 11.5 Å². The standard InChI is InChI=1S/C24H20Br2N2O3/c25-14-11-15-21(16(26)12-14)27-23(30)24(15)20(22(29)13-5-1-2-6-13)19(18-8-4-10-31-18)17-7-3-9-28(17)24/h1-2,4-6,8,10-13,17,19-20H,3,7,9H2,(H,27,30)/t17?,19-,20+,24-/m0/s1. The van der Waals surface area contributed by atoms with Crippen molar-refractivity contribution < 1.29 is 14.0 Å². The van der Waals surface area contributed by atoms with Crippen molar-refractivity contribution in [2.75, 3.05) is 11.9 Å². The molecule has 1 aliphatic carbocycles. The summed E-state index contributed by atoms with van der Waals surface area (Å²) in [5, 5.41) is 3.11. The number of carbonyl (C=O) groups is 2. The molecule has 0 bridgehead atoms. The predicted molar refractivity (Wildman–Crippen MR) is 124 cm³/mol. The van der Waals surface area contributed by atoms with Crippen molar-refractivity contribution in [3.63, 3.8) is 0 Å². The molecule has 2 fully saturated rings. The minimum absolute atomic E-state index is 0.0693. The van der Waals surface area contributed by atoms with Crippen LogP contribution in [0.2, 0.25) is 0 Å². The Balaban J connectivity index is 1.63. The first kappa shape index (κ1) is 19.7. The molecule has 1 spiro atoms. The van der Waals surface area contributed by atoms with E-state index in [1.807, 2.05) is 48.6 Å². The fraction of sp³-hybridized carbons (Fsp3) is 0.333. The number of fused-ring (bicyclic) bond motifs is 4. The van der Waals surface area contributed by atoms with Crippen molar-refractivity contribution in [1.29, 1.82) is 0 Å². The first-order valence-electron chi connectivity index (χ1n) is 10.5. The zero-order valence-corrected chi connectivity index (χ0v) is 19.7. The molecule has 6 rings (SSSR count). The largest absolute Gasteiger partial charge is 0.469 e. The molecule has 1 N–H and O–H groups in total. The first-order chi connectivity index (χ1) is 15.0. The molecule has 3 aliphatic heterocycles. The molecule has 0 radical (unpaired) electrons. The van der Waals surface area contributed by atoms with Crippen molar-refractivity contribution in [1.82, 2.24) is 4.90 Å². The molecule has 1 aromatic carbocycles. The highest BCUT2D eigenvalue weighted by Gasteiger charge is 2.70. The van der Waals surface area contributed by atoms with Crippen LogP contribution in [0.1, 0.15) is 30.1 Å². The number of allylic oxidation sites excluding steroid dienone is 4. The lowest BCUT2D eigenvalue weighted by Crippen LogP contribution is -2.53. The smallest absolute Gasteiger partial charge is 0.250 e. The number of halogens is 2. The number of hydrogen-bond donors (Lipinski definition) is 1. The zero-order chi connectivity index (χ0) is 21.3. The van der Waals surface area contributed by atoms with E-state index in [1.165, 1.54) is 0 Å². The van der Waals surface area contributed by atoms with Crippen LogP contribution >= 0.6 is 31.9 Å². The fourth-order valence-corrected chi connectivity index (χ4v) is 7.56. The van der Waals surface area contributed by atoms with Crippen molar-refractivity contribution in [3.05, 3.63) is 75.1 Å². The van der Waals surface area contributed by atoms with E-state index in [-0.39, 0.29) is 29.6 Å². The highest BCUT2D eigenvalue weighted by Crippen LogP contribution is 2.62. The Morgan fingerprint density at radius 2 is 2.03 bits per heavy atom. The van der Waals surface area contributed by atoms with Gasteiger partial charge in [-0.3, -0.25) is 14.5 Å². The van der Waals surface area contributed by atoms with Gasteiger partial charge in [0.1, 0.15) is 17.1 Å². The number of furan rings is 1. The maximum absolute atomic E-state index is 14.1. The number of hydrogen-bond acceptors (Lipinski definition) is 4. The van der Waals surface area contributed by atoms with Gasteiger partial charge in [-0.2, -0.15) is 0 Å². The Bertz CT molecular complexity index is 1140. The average Bonchev–Trinajstić information content (AvgIpc) is 3.54.